The lowest BCUT2D eigenvalue weighted by atomic mass is 9.95. The Morgan fingerprint density at radius 3 is 2.55 bits per heavy atom. The fourth-order valence-electron chi connectivity index (χ4n) is 1.55. The molecular weight excluding hydrogens is 140 g/mol. The third kappa shape index (κ3) is 3.37. The van der Waals surface area contributed by atoms with Crippen LogP contribution in [0.2, 0.25) is 0 Å². The Morgan fingerprint density at radius 1 is 1.36 bits per heavy atom. The van der Waals surface area contributed by atoms with E-state index in [1.54, 1.807) is 0 Å². The van der Waals surface area contributed by atoms with Gasteiger partial charge in [0.1, 0.15) is 0 Å². The van der Waals surface area contributed by atoms with Crippen LogP contribution in [0.3, 0.4) is 0 Å². The van der Waals surface area contributed by atoms with Gasteiger partial charge in [-0.05, 0) is 12.8 Å². The number of carbonyl (C=O) groups is 1. The first-order valence-corrected chi connectivity index (χ1v) is 4.31. The summed E-state index contributed by atoms with van der Waals surface area (Å²) in [6.45, 7) is 0.338. The molecule has 0 saturated heterocycles. The highest BCUT2D eigenvalue weighted by Gasteiger charge is 2.12. The SMILES string of the molecule is NC(=O)CNC1CCCCC1. The van der Waals surface area contributed by atoms with Crippen molar-refractivity contribution in [3.8, 4) is 0 Å². The van der Waals surface area contributed by atoms with E-state index in [4.69, 9.17) is 5.73 Å². The van der Waals surface area contributed by atoms with Gasteiger partial charge in [0.2, 0.25) is 5.91 Å². The number of nitrogens with one attached hydrogen (secondary N) is 1. The van der Waals surface area contributed by atoms with Crippen molar-refractivity contribution in [1.82, 2.24) is 5.32 Å². The van der Waals surface area contributed by atoms with Gasteiger partial charge in [-0.3, -0.25) is 4.79 Å². The monoisotopic (exact) mass is 156 g/mol. The van der Waals surface area contributed by atoms with E-state index in [1.165, 1.54) is 32.1 Å². The minimum Gasteiger partial charge on any atom is -0.369 e. The smallest absolute Gasteiger partial charge is 0.231 e. The number of rotatable bonds is 3. The largest absolute Gasteiger partial charge is 0.369 e. The van der Waals surface area contributed by atoms with E-state index in [-0.39, 0.29) is 5.91 Å². The molecule has 1 aliphatic carbocycles. The Balaban J connectivity index is 2.09. The maximum Gasteiger partial charge on any atom is 0.231 e. The highest BCUT2D eigenvalue weighted by atomic mass is 16.1. The van der Waals surface area contributed by atoms with Gasteiger partial charge in [-0.15, -0.1) is 0 Å². The zero-order chi connectivity index (χ0) is 8.10. The summed E-state index contributed by atoms with van der Waals surface area (Å²) >= 11 is 0. The number of carbonyl (C=O) groups excluding carboxylic acids is 1. The fraction of sp³-hybridized carbons (Fsp3) is 0.875. The average molecular weight is 156 g/mol. The summed E-state index contributed by atoms with van der Waals surface area (Å²) in [6, 6.07) is 0.538. The average Bonchev–Trinajstić information content (AvgIpc) is 2.03. The van der Waals surface area contributed by atoms with E-state index in [2.05, 4.69) is 5.32 Å². The second-order valence-electron chi connectivity index (χ2n) is 3.18. The Kier molecular flexibility index (Phi) is 3.36. The van der Waals surface area contributed by atoms with Crippen LogP contribution in [0.5, 0.6) is 0 Å². The van der Waals surface area contributed by atoms with Gasteiger partial charge in [0, 0.05) is 6.04 Å². The van der Waals surface area contributed by atoms with Gasteiger partial charge in [0.25, 0.3) is 0 Å². The molecule has 11 heavy (non-hydrogen) atoms. The maximum atomic E-state index is 10.4. The number of hydrogen-bond donors (Lipinski definition) is 2. The molecule has 0 aliphatic heterocycles. The van der Waals surface area contributed by atoms with Crippen molar-refractivity contribution >= 4 is 5.91 Å². The summed E-state index contributed by atoms with van der Waals surface area (Å²) < 4.78 is 0. The van der Waals surface area contributed by atoms with Crippen LogP contribution in [0.15, 0.2) is 0 Å². The molecule has 1 rings (SSSR count). The quantitative estimate of drug-likeness (QED) is 0.621. The van der Waals surface area contributed by atoms with Gasteiger partial charge in [-0.2, -0.15) is 0 Å². The number of amides is 1. The van der Waals surface area contributed by atoms with Crippen molar-refractivity contribution in [1.29, 1.82) is 0 Å². The molecule has 3 N–H and O–H groups in total. The Bertz CT molecular complexity index is 130. The molecular formula is C8H16N2O. The number of nitrogens with two attached hydrogens (primary N) is 1. The van der Waals surface area contributed by atoms with Crippen LogP contribution in [-0.2, 0) is 4.79 Å². The molecule has 0 aromatic carbocycles. The molecule has 0 spiro atoms. The molecule has 1 aliphatic rings. The molecule has 1 saturated carbocycles. The second kappa shape index (κ2) is 4.34. The summed E-state index contributed by atoms with van der Waals surface area (Å²) in [6.07, 6.45) is 6.32. The lowest BCUT2D eigenvalue weighted by molar-refractivity contribution is -0.117. The lowest BCUT2D eigenvalue weighted by Crippen LogP contribution is -2.37. The van der Waals surface area contributed by atoms with Gasteiger partial charge in [0.05, 0.1) is 6.54 Å². The van der Waals surface area contributed by atoms with E-state index in [9.17, 15) is 4.79 Å². The van der Waals surface area contributed by atoms with Crippen LogP contribution in [0, 0.1) is 0 Å². The third-order valence-corrected chi connectivity index (χ3v) is 2.17. The summed E-state index contributed by atoms with van der Waals surface area (Å²) in [5.74, 6) is -0.254. The number of primary amides is 1. The van der Waals surface area contributed by atoms with Crippen molar-refractivity contribution < 1.29 is 4.79 Å². The first kappa shape index (κ1) is 8.53. The minimum atomic E-state index is -0.254. The summed E-state index contributed by atoms with van der Waals surface area (Å²) in [5, 5.41) is 3.15. The number of hydrogen-bond acceptors (Lipinski definition) is 2. The molecule has 3 heteroatoms. The molecule has 1 fully saturated rings. The third-order valence-electron chi connectivity index (χ3n) is 2.17. The Hall–Kier alpha value is -0.570. The van der Waals surface area contributed by atoms with Crippen LogP contribution in [0.25, 0.3) is 0 Å². The lowest BCUT2D eigenvalue weighted by Gasteiger charge is -2.21. The van der Waals surface area contributed by atoms with E-state index in [1.807, 2.05) is 0 Å². The van der Waals surface area contributed by atoms with E-state index >= 15 is 0 Å². The van der Waals surface area contributed by atoms with Gasteiger partial charge < -0.3 is 11.1 Å². The van der Waals surface area contributed by atoms with Crippen molar-refractivity contribution in [2.75, 3.05) is 6.54 Å². The molecule has 1 amide bonds. The first-order chi connectivity index (χ1) is 5.29. The summed E-state index contributed by atoms with van der Waals surface area (Å²) in [7, 11) is 0. The van der Waals surface area contributed by atoms with Crippen molar-refractivity contribution in [2.45, 2.75) is 38.1 Å². The molecule has 0 aromatic heterocycles. The molecule has 0 atom stereocenters. The highest BCUT2D eigenvalue weighted by molar-refractivity contribution is 5.75. The maximum absolute atomic E-state index is 10.4. The summed E-state index contributed by atoms with van der Waals surface area (Å²) in [5.41, 5.74) is 5.01. The minimum absolute atomic E-state index is 0.254. The second-order valence-corrected chi connectivity index (χ2v) is 3.18. The van der Waals surface area contributed by atoms with Crippen molar-refractivity contribution in [3.63, 3.8) is 0 Å². The standard InChI is InChI=1S/C8H16N2O/c9-8(11)6-10-7-4-2-1-3-5-7/h7,10H,1-6H2,(H2,9,11). The summed E-state index contributed by atoms with van der Waals surface area (Å²) in [4.78, 5) is 10.4. The Morgan fingerprint density at radius 2 is 2.00 bits per heavy atom. The Labute approximate surface area is 67.3 Å². The molecule has 0 bridgehead atoms. The van der Waals surface area contributed by atoms with E-state index in [0.717, 1.165) is 0 Å². The fourth-order valence-corrected chi connectivity index (χ4v) is 1.55. The highest BCUT2D eigenvalue weighted by Crippen LogP contribution is 2.16. The van der Waals surface area contributed by atoms with E-state index in [0.29, 0.717) is 12.6 Å². The molecule has 0 unspecified atom stereocenters. The van der Waals surface area contributed by atoms with Crippen LogP contribution in [0.1, 0.15) is 32.1 Å². The van der Waals surface area contributed by atoms with Crippen molar-refractivity contribution in [2.24, 2.45) is 5.73 Å². The van der Waals surface area contributed by atoms with Gasteiger partial charge in [0.15, 0.2) is 0 Å². The predicted molar refractivity (Wildman–Crippen MR) is 44.1 cm³/mol. The van der Waals surface area contributed by atoms with Gasteiger partial charge >= 0.3 is 0 Å². The zero-order valence-corrected chi connectivity index (χ0v) is 6.81. The molecule has 0 aromatic rings. The van der Waals surface area contributed by atoms with Crippen molar-refractivity contribution in [3.05, 3.63) is 0 Å². The van der Waals surface area contributed by atoms with Gasteiger partial charge in [-0.25, -0.2) is 0 Å². The topological polar surface area (TPSA) is 55.1 Å². The molecule has 0 heterocycles. The van der Waals surface area contributed by atoms with Gasteiger partial charge in [-0.1, -0.05) is 19.3 Å². The molecule has 3 nitrogen and oxygen atoms in total. The molecule has 0 radical (unpaired) electrons. The van der Waals surface area contributed by atoms with Crippen LogP contribution >= 0.6 is 0 Å². The van der Waals surface area contributed by atoms with Crippen LogP contribution < -0.4 is 11.1 Å². The first-order valence-electron chi connectivity index (χ1n) is 4.31. The van der Waals surface area contributed by atoms with Crippen LogP contribution in [-0.4, -0.2) is 18.5 Å². The normalized spacial score (nSPS) is 20.0. The molecule has 64 valence electrons. The van der Waals surface area contributed by atoms with E-state index < -0.39 is 0 Å². The van der Waals surface area contributed by atoms with Crippen LogP contribution in [0.4, 0.5) is 0 Å². The predicted octanol–water partition coefficient (Wildman–Crippen LogP) is 0.394. The zero-order valence-electron chi connectivity index (χ0n) is 6.81.